The molecule has 0 saturated carbocycles. The van der Waals surface area contributed by atoms with E-state index in [1.807, 2.05) is 6.07 Å². The van der Waals surface area contributed by atoms with E-state index in [4.69, 9.17) is 5.26 Å². The number of nitrogens with zero attached hydrogens (tertiary/aromatic N) is 2. The second-order valence-corrected chi connectivity index (χ2v) is 4.56. The lowest BCUT2D eigenvalue weighted by atomic mass is 10.0. The van der Waals surface area contributed by atoms with Crippen molar-refractivity contribution < 1.29 is 4.79 Å². The minimum absolute atomic E-state index is 0.0739. The molecule has 1 saturated heterocycles. The van der Waals surface area contributed by atoms with Gasteiger partial charge in [-0.1, -0.05) is 12.5 Å². The van der Waals surface area contributed by atoms with Crippen molar-refractivity contribution in [2.24, 2.45) is 0 Å². The van der Waals surface area contributed by atoms with Crippen molar-refractivity contribution >= 4 is 11.6 Å². The number of nitrogens with one attached hydrogen (secondary N) is 1. The Kier molecular flexibility index (Phi) is 3.96. The first-order valence-electron chi connectivity index (χ1n) is 6.23. The van der Waals surface area contributed by atoms with E-state index >= 15 is 0 Å². The number of carbonyl (C=O) groups excluding carboxylic acids is 1. The summed E-state index contributed by atoms with van der Waals surface area (Å²) in [5, 5.41) is 12.1. The normalized spacial score (nSPS) is 19.0. The smallest absolute Gasteiger partial charge is 0.243 e. The summed E-state index contributed by atoms with van der Waals surface area (Å²) in [6.45, 7) is 0.905. The molecule has 0 unspecified atom stereocenters. The average molecular weight is 243 g/mol. The molecule has 18 heavy (non-hydrogen) atoms. The number of rotatable bonds is 2. The summed E-state index contributed by atoms with van der Waals surface area (Å²) < 4.78 is 0. The number of hydrogen-bond donors (Lipinski definition) is 1. The molecule has 0 aromatic heterocycles. The van der Waals surface area contributed by atoms with Gasteiger partial charge in [-0.15, -0.1) is 0 Å². The van der Waals surface area contributed by atoms with Crippen molar-refractivity contribution in [1.82, 2.24) is 5.32 Å². The Balaban J connectivity index is 2.12. The van der Waals surface area contributed by atoms with Crippen molar-refractivity contribution in [3.63, 3.8) is 0 Å². The Morgan fingerprint density at radius 1 is 1.50 bits per heavy atom. The summed E-state index contributed by atoms with van der Waals surface area (Å²) in [5.74, 6) is 0.0739. The average Bonchev–Trinajstić information content (AvgIpc) is 2.46. The van der Waals surface area contributed by atoms with Gasteiger partial charge in [-0.2, -0.15) is 5.26 Å². The Labute approximate surface area is 107 Å². The van der Waals surface area contributed by atoms with Gasteiger partial charge < -0.3 is 10.2 Å². The number of benzene rings is 1. The molecule has 94 valence electrons. The van der Waals surface area contributed by atoms with Crippen LogP contribution in [-0.2, 0) is 4.79 Å². The van der Waals surface area contributed by atoms with Crippen molar-refractivity contribution in [2.75, 3.05) is 18.5 Å². The zero-order valence-corrected chi connectivity index (χ0v) is 10.5. The van der Waals surface area contributed by atoms with E-state index in [0.29, 0.717) is 5.56 Å². The molecule has 2 rings (SSSR count). The molecule has 0 aliphatic carbocycles. The van der Waals surface area contributed by atoms with E-state index in [0.717, 1.165) is 31.5 Å². The van der Waals surface area contributed by atoms with Crippen LogP contribution in [0.4, 0.5) is 5.69 Å². The van der Waals surface area contributed by atoms with Crippen LogP contribution in [0.5, 0.6) is 0 Å². The van der Waals surface area contributed by atoms with Crippen molar-refractivity contribution in [1.29, 1.82) is 5.26 Å². The third-order valence-corrected chi connectivity index (χ3v) is 3.30. The first-order chi connectivity index (χ1) is 8.72. The van der Waals surface area contributed by atoms with E-state index in [-0.39, 0.29) is 11.9 Å². The quantitative estimate of drug-likeness (QED) is 0.859. The Bertz CT molecular complexity index is 472. The molecule has 1 aromatic rings. The minimum Gasteiger partial charge on any atom is -0.314 e. The van der Waals surface area contributed by atoms with E-state index < -0.39 is 0 Å². The molecule has 4 heteroatoms. The number of nitriles is 1. The van der Waals surface area contributed by atoms with E-state index in [1.165, 1.54) is 0 Å². The summed E-state index contributed by atoms with van der Waals surface area (Å²) in [4.78, 5) is 13.9. The molecular formula is C14H17N3O. The molecule has 4 nitrogen and oxygen atoms in total. The molecule has 0 bridgehead atoms. The highest BCUT2D eigenvalue weighted by molar-refractivity contribution is 5.96. The number of hydrogen-bond acceptors (Lipinski definition) is 3. The topological polar surface area (TPSA) is 56.1 Å². The number of carbonyl (C=O) groups is 1. The maximum atomic E-state index is 12.3. The van der Waals surface area contributed by atoms with Gasteiger partial charge in [0.15, 0.2) is 0 Å². The molecule has 1 aliphatic rings. The zero-order valence-electron chi connectivity index (χ0n) is 10.5. The number of anilines is 1. The third kappa shape index (κ3) is 2.69. The van der Waals surface area contributed by atoms with Gasteiger partial charge in [0, 0.05) is 12.7 Å². The van der Waals surface area contributed by atoms with Crippen LogP contribution in [0.25, 0.3) is 0 Å². The fraction of sp³-hybridized carbons (Fsp3) is 0.429. The molecule has 1 heterocycles. The SMILES string of the molecule is CN(C(=O)[C@@H]1CCCCN1)c1cccc(C#N)c1. The van der Waals surface area contributed by atoms with E-state index in [1.54, 1.807) is 30.1 Å². The number of amides is 1. The zero-order chi connectivity index (χ0) is 13.0. The summed E-state index contributed by atoms with van der Waals surface area (Å²) in [6, 6.07) is 9.12. The predicted octanol–water partition coefficient (Wildman–Crippen LogP) is 1.66. The van der Waals surface area contributed by atoms with Gasteiger partial charge >= 0.3 is 0 Å². The third-order valence-electron chi connectivity index (χ3n) is 3.30. The van der Waals surface area contributed by atoms with Crippen LogP contribution in [0.15, 0.2) is 24.3 Å². The number of piperidine rings is 1. The molecule has 1 aliphatic heterocycles. The maximum absolute atomic E-state index is 12.3. The molecular weight excluding hydrogens is 226 g/mol. The van der Waals surface area contributed by atoms with Gasteiger partial charge in [-0.25, -0.2) is 0 Å². The maximum Gasteiger partial charge on any atom is 0.243 e. The van der Waals surface area contributed by atoms with Crippen LogP contribution in [0, 0.1) is 11.3 Å². The van der Waals surface area contributed by atoms with E-state index in [9.17, 15) is 4.79 Å². The molecule has 1 amide bonds. The van der Waals surface area contributed by atoms with Gasteiger partial charge in [0.2, 0.25) is 5.91 Å². The fourth-order valence-electron chi connectivity index (χ4n) is 2.21. The molecule has 0 spiro atoms. The van der Waals surface area contributed by atoms with Crippen molar-refractivity contribution in [3.8, 4) is 6.07 Å². The van der Waals surface area contributed by atoms with Crippen LogP contribution in [-0.4, -0.2) is 25.5 Å². The molecule has 1 N–H and O–H groups in total. The lowest BCUT2D eigenvalue weighted by Gasteiger charge is -2.27. The lowest BCUT2D eigenvalue weighted by Crippen LogP contribution is -2.47. The summed E-state index contributed by atoms with van der Waals surface area (Å²) >= 11 is 0. The first-order valence-corrected chi connectivity index (χ1v) is 6.23. The van der Waals surface area contributed by atoms with Crippen LogP contribution in [0.3, 0.4) is 0 Å². The Hall–Kier alpha value is -1.86. The largest absolute Gasteiger partial charge is 0.314 e. The van der Waals surface area contributed by atoms with Crippen LogP contribution in [0.2, 0.25) is 0 Å². The highest BCUT2D eigenvalue weighted by Gasteiger charge is 2.24. The van der Waals surface area contributed by atoms with E-state index in [2.05, 4.69) is 11.4 Å². The highest BCUT2D eigenvalue weighted by atomic mass is 16.2. The van der Waals surface area contributed by atoms with Gasteiger partial charge in [0.1, 0.15) is 0 Å². The highest BCUT2D eigenvalue weighted by Crippen LogP contribution is 2.17. The first kappa shape index (κ1) is 12.6. The van der Waals surface area contributed by atoms with Gasteiger partial charge in [-0.05, 0) is 37.6 Å². The lowest BCUT2D eigenvalue weighted by molar-refractivity contribution is -0.120. The molecule has 0 radical (unpaired) electrons. The second kappa shape index (κ2) is 5.65. The van der Waals surface area contributed by atoms with Gasteiger partial charge in [0.25, 0.3) is 0 Å². The molecule has 1 fully saturated rings. The van der Waals surface area contributed by atoms with Crippen LogP contribution >= 0.6 is 0 Å². The van der Waals surface area contributed by atoms with Crippen molar-refractivity contribution in [2.45, 2.75) is 25.3 Å². The minimum atomic E-state index is -0.0884. The number of likely N-dealkylation sites (N-methyl/N-ethyl adjacent to an activating group) is 1. The van der Waals surface area contributed by atoms with Crippen LogP contribution in [0.1, 0.15) is 24.8 Å². The second-order valence-electron chi connectivity index (χ2n) is 4.56. The van der Waals surface area contributed by atoms with Gasteiger partial charge in [-0.3, -0.25) is 4.79 Å². The summed E-state index contributed by atoms with van der Waals surface area (Å²) in [5.41, 5.74) is 1.34. The molecule has 1 aromatic carbocycles. The van der Waals surface area contributed by atoms with Crippen LogP contribution < -0.4 is 10.2 Å². The Morgan fingerprint density at radius 2 is 2.33 bits per heavy atom. The van der Waals surface area contributed by atoms with Crippen molar-refractivity contribution in [3.05, 3.63) is 29.8 Å². The predicted molar refractivity (Wildman–Crippen MR) is 70.2 cm³/mol. The summed E-state index contributed by atoms with van der Waals surface area (Å²) in [7, 11) is 1.76. The molecule has 1 atom stereocenters. The van der Waals surface area contributed by atoms with Gasteiger partial charge in [0.05, 0.1) is 17.7 Å². The Morgan fingerprint density at radius 3 is 3.00 bits per heavy atom. The summed E-state index contributed by atoms with van der Waals surface area (Å²) in [6.07, 6.45) is 3.12. The standard InChI is InChI=1S/C14H17N3O/c1-17(12-6-4-5-11(9-12)10-15)14(18)13-7-2-3-8-16-13/h4-6,9,13,16H,2-3,7-8H2,1H3/t13-/m0/s1. The monoisotopic (exact) mass is 243 g/mol. The fourth-order valence-corrected chi connectivity index (χ4v) is 2.21.